The predicted molar refractivity (Wildman–Crippen MR) is 125 cm³/mol. The number of rotatable bonds is 17. The minimum absolute atomic E-state index is 0.112. The van der Waals surface area contributed by atoms with Crippen molar-refractivity contribution in [1.82, 2.24) is 0 Å². The number of methoxy groups -OCH3 is 1. The molecule has 0 bridgehead atoms. The van der Waals surface area contributed by atoms with Crippen LogP contribution in [-0.4, -0.2) is 25.8 Å². The van der Waals surface area contributed by atoms with E-state index < -0.39 is 0 Å². The van der Waals surface area contributed by atoms with E-state index in [1.165, 1.54) is 0 Å². The second-order valence-electron chi connectivity index (χ2n) is 6.52. The minimum atomic E-state index is -0.203. The Morgan fingerprint density at radius 1 is 0.690 bits per heavy atom. The van der Waals surface area contributed by atoms with Crippen LogP contribution in [0, 0.1) is 0 Å². The maximum absolute atomic E-state index is 11.5. The first kappa shape index (κ1) is 26.9. The molecule has 0 aromatic rings. The highest BCUT2D eigenvalue weighted by Gasteiger charge is 2.12. The smallest absolute Gasteiger partial charge is 0.308 e. The number of carbonyl (C=O) groups excluding carboxylic acids is 1. The van der Waals surface area contributed by atoms with E-state index in [9.17, 15) is 4.79 Å². The topological polar surface area (TPSA) is 35.5 Å². The summed E-state index contributed by atoms with van der Waals surface area (Å²) in [5.74, 6) is -0.203. The maximum atomic E-state index is 11.5. The van der Waals surface area contributed by atoms with Crippen LogP contribution in [0.2, 0.25) is 0 Å². The van der Waals surface area contributed by atoms with Crippen molar-refractivity contribution in [3.05, 3.63) is 72.9 Å². The second-order valence-corrected chi connectivity index (χ2v) is 6.52. The molecule has 0 radical (unpaired) electrons. The molecule has 0 saturated carbocycles. The Labute approximate surface area is 178 Å². The number of esters is 1. The van der Waals surface area contributed by atoms with Gasteiger partial charge in [-0.15, -0.1) is 0 Å². The van der Waals surface area contributed by atoms with Crippen LogP contribution >= 0.6 is 0 Å². The third-order valence-corrected chi connectivity index (χ3v) is 4.03. The Morgan fingerprint density at radius 2 is 1.10 bits per heavy atom. The Balaban J connectivity index is 3.74. The summed E-state index contributed by atoms with van der Waals surface area (Å²) >= 11 is 0. The number of hydrogen-bond acceptors (Lipinski definition) is 3. The average molecular weight is 401 g/mol. The molecule has 162 valence electrons. The lowest BCUT2D eigenvalue weighted by Gasteiger charge is -2.11. The van der Waals surface area contributed by atoms with Gasteiger partial charge in [-0.3, -0.25) is 4.79 Å². The second kappa shape index (κ2) is 22.2. The average Bonchev–Trinajstić information content (AvgIpc) is 2.72. The lowest BCUT2D eigenvalue weighted by Crippen LogP contribution is -2.17. The molecule has 0 rings (SSSR count). The zero-order chi connectivity index (χ0) is 21.4. The van der Waals surface area contributed by atoms with Gasteiger partial charge in [0, 0.05) is 7.11 Å². The summed E-state index contributed by atoms with van der Waals surface area (Å²) in [7, 11) is 1.63. The number of carbonyl (C=O) groups is 1. The molecular formula is C26H40O3. The minimum Gasteiger partial charge on any atom is -0.466 e. The summed E-state index contributed by atoms with van der Waals surface area (Å²) < 4.78 is 10.3. The normalized spacial score (nSPS) is 13.9. The van der Waals surface area contributed by atoms with Crippen LogP contribution in [0.1, 0.15) is 65.2 Å². The van der Waals surface area contributed by atoms with Gasteiger partial charge < -0.3 is 9.47 Å². The molecular weight excluding hydrogens is 360 g/mol. The molecule has 0 aliphatic carbocycles. The number of allylic oxidation sites excluding steroid dienone is 11. The van der Waals surface area contributed by atoms with Crippen molar-refractivity contribution in [2.75, 3.05) is 13.7 Å². The van der Waals surface area contributed by atoms with Crippen LogP contribution in [0.5, 0.6) is 0 Å². The van der Waals surface area contributed by atoms with E-state index in [4.69, 9.17) is 9.47 Å². The van der Waals surface area contributed by atoms with Gasteiger partial charge in [0.15, 0.2) is 0 Å². The highest BCUT2D eigenvalue weighted by molar-refractivity contribution is 5.69. The molecule has 1 unspecified atom stereocenters. The Bertz CT molecular complexity index is 550. The van der Waals surface area contributed by atoms with Crippen molar-refractivity contribution in [2.45, 2.75) is 71.3 Å². The third-order valence-electron chi connectivity index (χ3n) is 4.03. The van der Waals surface area contributed by atoms with E-state index >= 15 is 0 Å². The standard InChI is InChI=1S/C26H40O3/c1-4-6-7-8-9-10-11-12-13-14-15-16-17-18-19-20-21-22-23-25(28-3)24-26(27)29-5-2/h6-7,9-10,12-13,15-16,18-19,21-22,25H,4-5,8,11,14,17,20,23-24H2,1-3H3/b7-6-,10-9-,13-12-,16-15-,19-18-,22-21-. The van der Waals surface area contributed by atoms with Gasteiger partial charge in [0.1, 0.15) is 0 Å². The van der Waals surface area contributed by atoms with Crippen LogP contribution in [0.25, 0.3) is 0 Å². The molecule has 0 N–H and O–H groups in total. The highest BCUT2D eigenvalue weighted by Crippen LogP contribution is 2.06. The van der Waals surface area contributed by atoms with E-state index in [0.29, 0.717) is 13.0 Å². The van der Waals surface area contributed by atoms with Crippen LogP contribution in [0.3, 0.4) is 0 Å². The molecule has 29 heavy (non-hydrogen) atoms. The quantitative estimate of drug-likeness (QED) is 0.194. The SMILES string of the molecule is CC/C=C\C/C=C\C/C=C\C/C=C\C/C=C\C/C=C\CC(CC(=O)OCC)OC. The fourth-order valence-electron chi connectivity index (χ4n) is 2.44. The first-order valence-corrected chi connectivity index (χ1v) is 10.8. The van der Waals surface area contributed by atoms with Gasteiger partial charge in [-0.05, 0) is 51.9 Å². The molecule has 3 nitrogen and oxygen atoms in total. The summed E-state index contributed by atoms with van der Waals surface area (Å²) in [5.41, 5.74) is 0. The predicted octanol–water partition coefficient (Wildman–Crippen LogP) is 7.04. The molecule has 0 amide bonds. The van der Waals surface area contributed by atoms with Crippen LogP contribution in [-0.2, 0) is 14.3 Å². The zero-order valence-electron chi connectivity index (χ0n) is 18.6. The third kappa shape index (κ3) is 20.4. The summed E-state index contributed by atoms with van der Waals surface area (Å²) in [6.45, 7) is 4.37. The largest absolute Gasteiger partial charge is 0.466 e. The maximum Gasteiger partial charge on any atom is 0.308 e. The van der Waals surface area contributed by atoms with Gasteiger partial charge >= 0.3 is 5.97 Å². The van der Waals surface area contributed by atoms with Gasteiger partial charge in [0.05, 0.1) is 19.1 Å². The Hall–Kier alpha value is -2.13. The van der Waals surface area contributed by atoms with Crippen molar-refractivity contribution < 1.29 is 14.3 Å². The molecule has 0 spiro atoms. The van der Waals surface area contributed by atoms with Crippen LogP contribution in [0.15, 0.2) is 72.9 Å². The lowest BCUT2D eigenvalue weighted by molar-refractivity contribution is -0.145. The summed E-state index contributed by atoms with van der Waals surface area (Å²) in [6.07, 6.45) is 33.0. The van der Waals surface area contributed by atoms with E-state index in [2.05, 4.69) is 79.8 Å². The fourth-order valence-corrected chi connectivity index (χ4v) is 2.44. The summed E-state index contributed by atoms with van der Waals surface area (Å²) in [6, 6.07) is 0. The monoisotopic (exact) mass is 400 g/mol. The Kier molecular flexibility index (Phi) is 20.5. The van der Waals surface area contributed by atoms with Gasteiger partial charge in [-0.2, -0.15) is 0 Å². The van der Waals surface area contributed by atoms with E-state index in [0.717, 1.165) is 44.9 Å². The summed E-state index contributed by atoms with van der Waals surface area (Å²) in [4.78, 5) is 11.5. The van der Waals surface area contributed by atoms with Crippen molar-refractivity contribution >= 4 is 5.97 Å². The zero-order valence-corrected chi connectivity index (χ0v) is 18.6. The van der Waals surface area contributed by atoms with Crippen molar-refractivity contribution in [2.24, 2.45) is 0 Å². The first-order valence-electron chi connectivity index (χ1n) is 10.8. The van der Waals surface area contributed by atoms with Crippen LogP contribution in [0.4, 0.5) is 0 Å². The van der Waals surface area contributed by atoms with Gasteiger partial charge in [-0.1, -0.05) is 79.8 Å². The molecule has 0 saturated heterocycles. The van der Waals surface area contributed by atoms with Gasteiger partial charge in [0.25, 0.3) is 0 Å². The van der Waals surface area contributed by atoms with Gasteiger partial charge in [0.2, 0.25) is 0 Å². The van der Waals surface area contributed by atoms with Crippen LogP contribution < -0.4 is 0 Å². The van der Waals surface area contributed by atoms with E-state index in [-0.39, 0.29) is 12.1 Å². The van der Waals surface area contributed by atoms with E-state index in [1.54, 1.807) is 7.11 Å². The fraction of sp³-hybridized carbons (Fsp3) is 0.500. The molecule has 0 aliphatic rings. The first-order chi connectivity index (χ1) is 14.2. The lowest BCUT2D eigenvalue weighted by atomic mass is 10.1. The van der Waals surface area contributed by atoms with Crippen molar-refractivity contribution in [1.29, 1.82) is 0 Å². The highest BCUT2D eigenvalue weighted by atomic mass is 16.5. The van der Waals surface area contributed by atoms with E-state index in [1.807, 2.05) is 6.92 Å². The van der Waals surface area contributed by atoms with Crippen molar-refractivity contribution in [3.8, 4) is 0 Å². The van der Waals surface area contributed by atoms with Crippen molar-refractivity contribution in [3.63, 3.8) is 0 Å². The van der Waals surface area contributed by atoms with Gasteiger partial charge in [-0.25, -0.2) is 0 Å². The molecule has 0 aromatic carbocycles. The molecule has 3 heteroatoms. The number of ether oxygens (including phenoxy) is 2. The molecule has 1 atom stereocenters. The molecule has 0 aliphatic heterocycles. The summed E-state index contributed by atoms with van der Waals surface area (Å²) in [5, 5.41) is 0. The molecule has 0 aromatic heterocycles. The molecule has 0 heterocycles. The molecule has 0 fully saturated rings. The Morgan fingerprint density at radius 3 is 1.48 bits per heavy atom. The number of hydrogen-bond donors (Lipinski definition) is 0.